The van der Waals surface area contributed by atoms with Gasteiger partial charge in [-0.25, -0.2) is 5.43 Å². The van der Waals surface area contributed by atoms with E-state index >= 15 is 0 Å². The Kier molecular flexibility index (Phi) is 6.05. The van der Waals surface area contributed by atoms with E-state index in [1.54, 1.807) is 45.0 Å². The summed E-state index contributed by atoms with van der Waals surface area (Å²) in [6, 6.07) is 8.65. The van der Waals surface area contributed by atoms with E-state index in [0.717, 1.165) is 0 Å². The van der Waals surface area contributed by atoms with E-state index in [9.17, 15) is 9.59 Å². The number of esters is 1. The Morgan fingerprint density at radius 3 is 2.48 bits per heavy atom. The van der Waals surface area contributed by atoms with E-state index < -0.39 is 17.5 Å². The topological polar surface area (TPSA) is 93.8 Å². The summed E-state index contributed by atoms with van der Waals surface area (Å²) in [7, 11) is 0. The number of nitrogens with zero attached hydrogens (tertiary/aromatic N) is 1. The summed E-state index contributed by atoms with van der Waals surface area (Å²) in [5, 5.41) is 3.76. The molecule has 21 heavy (non-hydrogen) atoms. The van der Waals surface area contributed by atoms with Crippen molar-refractivity contribution >= 4 is 18.1 Å². The second-order valence-electron chi connectivity index (χ2n) is 5.46. The van der Waals surface area contributed by atoms with Crippen molar-refractivity contribution in [2.24, 2.45) is 16.8 Å². The third-order valence-electron chi connectivity index (χ3n) is 2.42. The summed E-state index contributed by atoms with van der Waals surface area (Å²) in [5.74, 6) is -1.52. The van der Waals surface area contributed by atoms with Crippen molar-refractivity contribution in [3.63, 3.8) is 0 Å². The van der Waals surface area contributed by atoms with Gasteiger partial charge in [-0.05, 0) is 32.9 Å². The van der Waals surface area contributed by atoms with E-state index in [1.807, 2.05) is 6.07 Å². The van der Waals surface area contributed by atoms with Crippen LogP contribution >= 0.6 is 0 Å². The number of nitrogens with two attached hydrogens (primary N) is 1. The van der Waals surface area contributed by atoms with E-state index in [1.165, 1.54) is 6.21 Å². The molecule has 0 fully saturated rings. The monoisotopic (exact) mass is 291 g/mol. The van der Waals surface area contributed by atoms with Gasteiger partial charge in [-0.2, -0.15) is 5.10 Å². The molecule has 1 unspecified atom stereocenters. The van der Waals surface area contributed by atoms with Crippen LogP contribution in [0.3, 0.4) is 0 Å². The molecule has 0 aromatic heterocycles. The molecule has 3 N–H and O–H groups in total. The molecular formula is C15H21N3O3. The van der Waals surface area contributed by atoms with Crippen molar-refractivity contribution in [1.29, 1.82) is 0 Å². The van der Waals surface area contributed by atoms with Crippen molar-refractivity contribution in [2.75, 3.05) is 6.54 Å². The Morgan fingerprint density at radius 1 is 1.33 bits per heavy atom. The van der Waals surface area contributed by atoms with Crippen LogP contribution in [0.1, 0.15) is 31.1 Å². The fraction of sp³-hybridized carbons (Fsp3) is 0.400. The zero-order valence-corrected chi connectivity index (χ0v) is 12.5. The molecule has 1 aromatic rings. The van der Waals surface area contributed by atoms with Gasteiger partial charge in [0, 0.05) is 18.3 Å². The largest absolute Gasteiger partial charge is 0.459 e. The highest BCUT2D eigenvalue weighted by molar-refractivity contribution is 5.95. The number of rotatable bonds is 5. The first-order chi connectivity index (χ1) is 9.83. The molecule has 114 valence electrons. The SMILES string of the molecule is CC(C)(C)OC(=O)C(C=NNC(=O)c1ccccc1)CN. The Morgan fingerprint density at radius 2 is 1.95 bits per heavy atom. The molecule has 6 nitrogen and oxygen atoms in total. The van der Waals surface area contributed by atoms with Crippen LogP contribution in [0.15, 0.2) is 35.4 Å². The van der Waals surface area contributed by atoms with Crippen LogP contribution in [-0.2, 0) is 9.53 Å². The lowest BCUT2D eigenvalue weighted by Gasteiger charge is -2.21. The normalized spacial score (nSPS) is 13.0. The number of ether oxygens (including phenoxy) is 1. The molecule has 6 heteroatoms. The van der Waals surface area contributed by atoms with Crippen LogP contribution in [0.4, 0.5) is 0 Å². The standard InChI is InChI=1S/C15H21N3O3/c1-15(2,3)21-14(20)12(9-16)10-17-18-13(19)11-7-5-4-6-8-11/h4-8,10,12H,9,16H2,1-3H3,(H,18,19). The first-order valence-electron chi connectivity index (χ1n) is 6.65. The Hall–Kier alpha value is -2.21. The number of benzene rings is 1. The summed E-state index contributed by atoms with van der Waals surface area (Å²) in [4.78, 5) is 23.6. The number of carbonyl (C=O) groups excluding carboxylic acids is 2. The highest BCUT2D eigenvalue weighted by Crippen LogP contribution is 2.10. The van der Waals surface area contributed by atoms with Gasteiger partial charge in [0.25, 0.3) is 5.91 Å². The van der Waals surface area contributed by atoms with Crippen LogP contribution in [0.5, 0.6) is 0 Å². The van der Waals surface area contributed by atoms with Crippen molar-refractivity contribution < 1.29 is 14.3 Å². The molecule has 0 aliphatic rings. The maximum absolute atomic E-state index is 11.8. The molecule has 1 aromatic carbocycles. The van der Waals surface area contributed by atoms with Crippen LogP contribution in [0, 0.1) is 5.92 Å². The third kappa shape index (κ3) is 6.18. The number of hydrogen-bond donors (Lipinski definition) is 2. The van der Waals surface area contributed by atoms with Crippen LogP contribution < -0.4 is 11.2 Å². The zero-order valence-electron chi connectivity index (χ0n) is 12.5. The van der Waals surface area contributed by atoms with Gasteiger partial charge in [0.1, 0.15) is 11.5 Å². The molecule has 1 rings (SSSR count). The average Bonchev–Trinajstić information content (AvgIpc) is 2.42. The summed E-state index contributed by atoms with van der Waals surface area (Å²) < 4.78 is 5.21. The summed E-state index contributed by atoms with van der Waals surface area (Å²) in [5.41, 5.74) is 7.76. The average molecular weight is 291 g/mol. The van der Waals surface area contributed by atoms with E-state index in [0.29, 0.717) is 5.56 Å². The van der Waals surface area contributed by atoms with Gasteiger partial charge < -0.3 is 10.5 Å². The van der Waals surface area contributed by atoms with Crippen molar-refractivity contribution in [3.8, 4) is 0 Å². The van der Waals surface area contributed by atoms with Crippen LogP contribution in [-0.4, -0.2) is 30.2 Å². The van der Waals surface area contributed by atoms with Gasteiger partial charge in [0.05, 0.1) is 0 Å². The van der Waals surface area contributed by atoms with E-state index in [2.05, 4.69) is 10.5 Å². The lowest BCUT2D eigenvalue weighted by atomic mass is 10.1. The predicted octanol–water partition coefficient (Wildman–Crippen LogP) is 1.32. The maximum atomic E-state index is 11.8. The van der Waals surface area contributed by atoms with Crippen molar-refractivity contribution in [1.82, 2.24) is 5.43 Å². The fourth-order valence-corrected chi connectivity index (χ4v) is 1.44. The molecule has 1 amide bonds. The third-order valence-corrected chi connectivity index (χ3v) is 2.42. The molecule has 0 saturated heterocycles. The number of hydrazone groups is 1. The quantitative estimate of drug-likeness (QED) is 0.486. The van der Waals surface area contributed by atoms with E-state index in [4.69, 9.17) is 10.5 Å². The lowest BCUT2D eigenvalue weighted by molar-refractivity contribution is -0.156. The first-order valence-corrected chi connectivity index (χ1v) is 6.65. The molecule has 0 spiro atoms. The molecule has 0 heterocycles. The van der Waals surface area contributed by atoms with Gasteiger partial charge in [-0.3, -0.25) is 9.59 Å². The highest BCUT2D eigenvalue weighted by Gasteiger charge is 2.22. The minimum absolute atomic E-state index is 0.0552. The Labute approximate surface area is 124 Å². The zero-order chi connectivity index (χ0) is 15.9. The van der Waals surface area contributed by atoms with Gasteiger partial charge in [-0.1, -0.05) is 18.2 Å². The molecule has 0 bridgehead atoms. The van der Waals surface area contributed by atoms with Gasteiger partial charge in [0.2, 0.25) is 0 Å². The first kappa shape index (κ1) is 16.8. The summed E-state index contributed by atoms with van der Waals surface area (Å²) >= 11 is 0. The molecule has 0 aliphatic carbocycles. The molecule has 0 aliphatic heterocycles. The van der Waals surface area contributed by atoms with Crippen LogP contribution in [0.2, 0.25) is 0 Å². The second kappa shape index (κ2) is 7.54. The number of nitrogens with one attached hydrogen (secondary N) is 1. The summed E-state index contributed by atoms with van der Waals surface area (Å²) in [6.45, 7) is 5.37. The molecule has 1 atom stereocenters. The van der Waals surface area contributed by atoms with Crippen LogP contribution in [0.25, 0.3) is 0 Å². The summed E-state index contributed by atoms with van der Waals surface area (Å²) in [6.07, 6.45) is 1.29. The smallest absolute Gasteiger partial charge is 0.316 e. The van der Waals surface area contributed by atoms with Gasteiger partial charge in [-0.15, -0.1) is 0 Å². The minimum Gasteiger partial charge on any atom is -0.459 e. The fourth-order valence-electron chi connectivity index (χ4n) is 1.44. The predicted molar refractivity (Wildman–Crippen MR) is 80.8 cm³/mol. The number of hydrogen-bond acceptors (Lipinski definition) is 5. The minimum atomic E-state index is -0.694. The lowest BCUT2D eigenvalue weighted by Crippen LogP contribution is -2.33. The molecule has 0 radical (unpaired) electrons. The van der Waals surface area contributed by atoms with Gasteiger partial charge >= 0.3 is 5.97 Å². The van der Waals surface area contributed by atoms with E-state index in [-0.39, 0.29) is 12.5 Å². The van der Waals surface area contributed by atoms with Crippen molar-refractivity contribution in [2.45, 2.75) is 26.4 Å². The van der Waals surface area contributed by atoms with Gasteiger partial charge in [0.15, 0.2) is 0 Å². The Bertz CT molecular complexity index is 507. The highest BCUT2D eigenvalue weighted by atomic mass is 16.6. The number of carbonyl (C=O) groups is 2. The maximum Gasteiger partial charge on any atom is 0.316 e. The second-order valence-corrected chi connectivity index (χ2v) is 5.46. The Balaban J connectivity index is 2.57. The number of amides is 1. The molecule has 0 saturated carbocycles. The molecular weight excluding hydrogens is 270 g/mol. The van der Waals surface area contributed by atoms with Crippen molar-refractivity contribution in [3.05, 3.63) is 35.9 Å².